The summed E-state index contributed by atoms with van der Waals surface area (Å²) in [5.74, 6) is -0.0257. The molecular weight excluding hydrogens is 226 g/mol. The predicted molar refractivity (Wildman–Crippen MR) is 57.9 cm³/mol. The molecule has 17 heavy (non-hydrogen) atoms. The van der Waals surface area contributed by atoms with Crippen molar-refractivity contribution in [1.29, 1.82) is 0 Å². The molecular formula is C9H13N5O3. The molecule has 2 rings (SSSR count). The number of aromatic amines is 1. The summed E-state index contributed by atoms with van der Waals surface area (Å²) in [4.78, 5) is 25.7. The fourth-order valence-electron chi connectivity index (χ4n) is 1.59. The topological polar surface area (TPSA) is 137 Å². The SMILES string of the molecule is C[C@H](O)[C@H](O)[C@H]1CN=c2nc(N)[nH]c(=O)c2=N1. The second-order valence-corrected chi connectivity index (χ2v) is 3.89. The Balaban J connectivity index is 2.51. The number of nitrogens with one attached hydrogen (secondary N) is 1. The number of hydrogen-bond donors (Lipinski definition) is 4. The lowest BCUT2D eigenvalue weighted by molar-refractivity contribution is 0.0160. The van der Waals surface area contributed by atoms with E-state index >= 15 is 0 Å². The largest absolute Gasteiger partial charge is 0.391 e. The van der Waals surface area contributed by atoms with Crippen molar-refractivity contribution in [3.63, 3.8) is 0 Å². The van der Waals surface area contributed by atoms with E-state index in [4.69, 9.17) is 5.73 Å². The van der Waals surface area contributed by atoms with Crippen molar-refractivity contribution < 1.29 is 10.2 Å². The van der Waals surface area contributed by atoms with Gasteiger partial charge in [-0.15, -0.1) is 0 Å². The van der Waals surface area contributed by atoms with Crippen LogP contribution in [0.1, 0.15) is 6.92 Å². The quantitative estimate of drug-likeness (QED) is 0.429. The molecule has 0 radical (unpaired) electrons. The summed E-state index contributed by atoms with van der Waals surface area (Å²) in [6.45, 7) is 1.61. The molecule has 0 bridgehead atoms. The zero-order chi connectivity index (χ0) is 12.6. The summed E-state index contributed by atoms with van der Waals surface area (Å²) in [7, 11) is 0. The highest BCUT2D eigenvalue weighted by atomic mass is 16.3. The Morgan fingerprint density at radius 3 is 2.88 bits per heavy atom. The molecule has 0 saturated carbocycles. The number of aliphatic hydroxyl groups is 2. The van der Waals surface area contributed by atoms with Crippen LogP contribution >= 0.6 is 0 Å². The van der Waals surface area contributed by atoms with Gasteiger partial charge in [0.15, 0.2) is 10.8 Å². The van der Waals surface area contributed by atoms with Gasteiger partial charge in [-0.05, 0) is 6.92 Å². The minimum Gasteiger partial charge on any atom is -0.391 e. The monoisotopic (exact) mass is 239 g/mol. The van der Waals surface area contributed by atoms with E-state index in [-0.39, 0.29) is 23.3 Å². The van der Waals surface area contributed by atoms with Crippen LogP contribution in [0.15, 0.2) is 14.8 Å². The molecule has 0 aliphatic carbocycles. The fourth-order valence-corrected chi connectivity index (χ4v) is 1.59. The van der Waals surface area contributed by atoms with Crippen LogP contribution in [0.25, 0.3) is 0 Å². The highest BCUT2D eigenvalue weighted by molar-refractivity contribution is 5.12. The third kappa shape index (κ3) is 2.17. The number of hydrogen-bond acceptors (Lipinski definition) is 7. The summed E-state index contributed by atoms with van der Waals surface area (Å²) in [5.41, 5.74) is 5.03. The average molecular weight is 239 g/mol. The van der Waals surface area contributed by atoms with Gasteiger partial charge in [0, 0.05) is 0 Å². The molecule has 0 unspecified atom stereocenters. The Hall–Kier alpha value is -1.80. The minimum absolute atomic E-state index is 0.0257. The number of aromatic nitrogens is 2. The van der Waals surface area contributed by atoms with Gasteiger partial charge in [0.25, 0.3) is 5.56 Å². The van der Waals surface area contributed by atoms with Crippen LogP contribution in [-0.4, -0.2) is 45.0 Å². The second kappa shape index (κ2) is 4.22. The van der Waals surface area contributed by atoms with Gasteiger partial charge in [0.2, 0.25) is 5.95 Å². The highest BCUT2D eigenvalue weighted by Gasteiger charge is 2.24. The van der Waals surface area contributed by atoms with E-state index in [0.29, 0.717) is 0 Å². The van der Waals surface area contributed by atoms with Crippen molar-refractivity contribution in [3.8, 4) is 0 Å². The van der Waals surface area contributed by atoms with Crippen LogP contribution in [0.5, 0.6) is 0 Å². The lowest BCUT2D eigenvalue weighted by Gasteiger charge is -2.21. The molecule has 1 aliphatic rings. The van der Waals surface area contributed by atoms with Gasteiger partial charge in [-0.2, -0.15) is 4.98 Å². The smallest absolute Gasteiger partial charge is 0.280 e. The number of rotatable bonds is 2. The third-order valence-electron chi connectivity index (χ3n) is 2.51. The van der Waals surface area contributed by atoms with Crippen molar-refractivity contribution in [2.24, 2.45) is 9.98 Å². The summed E-state index contributed by atoms with van der Waals surface area (Å²) < 4.78 is 0. The van der Waals surface area contributed by atoms with E-state index in [1.807, 2.05) is 0 Å². The van der Waals surface area contributed by atoms with E-state index in [0.717, 1.165) is 0 Å². The van der Waals surface area contributed by atoms with Crippen LogP contribution in [0.4, 0.5) is 5.95 Å². The number of aliphatic hydroxyl groups excluding tert-OH is 2. The van der Waals surface area contributed by atoms with Gasteiger partial charge in [-0.25, -0.2) is 0 Å². The molecule has 8 heteroatoms. The van der Waals surface area contributed by atoms with Gasteiger partial charge in [-0.1, -0.05) is 0 Å². The molecule has 2 heterocycles. The number of anilines is 1. The average Bonchev–Trinajstić information content (AvgIpc) is 2.27. The Labute approximate surface area is 95.6 Å². The van der Waals surface area contributed by atoms with Gasteiger partial charge >= 0.3 is 0 Å². The molecule has 0 saturated heterocycles. The minimum atomic E-state index is -1.07. The fraction of sp³-hybridized carbons (Fsp3) is 0.556. The maximum absolute atomic E-state index is 11.5. The molecule has 1 aromatic rings. The molecule has 92 valence electrons. The van der Waals surface area contributed by atoms with Crippen LogP contribution in [0, 0.1) is 0 Å². The summed E-state index contributed by atoms with van der Waals surface area (Å²) in [6.07, 6.45) is -2.01. The molecule has 0 spiro atoms. The van der Waals surface area contributed by atoms with Gasteiger partial charge in [0.05, 0.1) is 18.7 Å². The third-order valence-corrected chi connectivity index (χ3v) is 2.51. The van der Waals surface area contributed by atoms with Crippen molar-refractivity contribution in [2.75, 3.05) is 12.3 Å². The van der Waals surface area contributed by atoms with Crippen LogP contribution in [0.3, 0.4) is 0 Å². The van der Waals surface area contributed by atoms with E-state index in [1.54, 1.807) is 0 Å². The first kappa shape index (κ1) is 11.7. The zero-order valence-corrected chi connectivity index (χ0v) is 9.16. The molecule has 1 aromatic heterocycles. The maximum Gasteiger partial charge on any atom is 0.280 e. The Morgan fingerprint density at radius 2 is 2.24 bits per heavy atom. The van der Waals surface area contributed by atoms with Crippen molar-refractivity contribution in [2.45, 2.75) is 25.2 Å². The highest BCUT2D eigenvalue weighted by Crippen LogP contribution is 2.04. The van der Waals surface area contributed by atoms with E-state index in [2.05, 4.69) is 20.0 Å². The van der Waals surface area contributed by atoms with Gasteiger partial charge in [-0.3, -0.25) is 19.8 Å². The molecule has 8 nitrogen and oxygen atoms in total. The number of nitrogens with two attached hydrogens (primary N) is 1. The Morgan fingerprint density at radius 1 is 1.53 bits per heavy atom. The normalized spacial score (nSPS) is 21.9. The first-order valence-corrected chi connectivity index (χ1v) is 5.13. The summed E-state index contributed by atoms with van der Waals surface area (Å²) >= 11 is 0. The van der Waals surface area contributed by atoms with Crippen LogP contribution in [-0.2, 0) is 0 Å². The summed E-state index contributed by atoms with van der Waals surface area (Å²) in [6, 6.07) is -0.644. The lowest BCUT2D eigenvalue weighted by atomic mass is 10.1. The molecule has 3 atom stereocenters. The summed E-state index contributed by atoms with van der Waals surface area (Å²) in [5, 5.41) is 19.0. The number of nitrogen functional groups attached to an aromatic ring is 1. The maximum atomic E-state index is 11.5. The second-order valence-electron chi connectivity index (χ2n) is 3.89. The first-order chi connectivity index (χ1) is 7.99. The number of fused-ring (bicyclic) bond motifs is 1. The van der Waals surface area contributed by atoms with Gasteiger partial charge in [0.1, 0.15) is 6.10 Å². The van der Waals surface area contributed by atoms with Gasteiger partial charge < -0.3 is 15.9 Å². The molecule has 5 N–H and O–H groups in total. The van der Waals surface area contributed by atoms with E-state index < -0.39 is 23.8 Å². The van der Waals surface area contributed by atoms with Crippen LogP contribution < -0.4 is 22.1 Å². The first-order valence-electron chi connectivity index (χ1n) is 5.13. The number of nitrogens with zero attached hydrogens (tertiary/aromatic N) is 3. The van der Waals surface area contributed by atoms with E-state index in [9.17, 15) is 15.0 Å². The lowest BCUT2D eigenvalue weighted by Crippen LogP contribution is -2.50. The predicted octanol–water partition coefficient (Wildman–Crippen LogP) is -3.28. The van der Waals surface area contributed by atoms with E-state index in [1.165, 1.54) is 6.92 Å². The van der Waals surface area contributed by atoms with Crippen molar-refractivity contribution in [3.05, 3.63) is 21.2 Å². The zero-order valence-electron chi connectivity index (χ0n) is 9.16. The standard InChI is InChI=1S/C9H13N5O3/c1-3(15)6(16)4-2-11-7-5(12-4)8(17)14-9(10)13-7/h3-4,6,15-16H,2H2,1H3,(H3,10,11,13,14,17)/t3-,4+,6-/m0/s1. The molecule has 0 amide bonds. The Bertz CT molecular complexity index is 594. The Kier molecular flexibility index (Phi) is 2.90. The van der Waals surface area contributed by atoms with Crippen molar-refractivity contribution >= 4 is 5.95 Å². The molecule has 0 aromatic carbocycles. The van der Waals surface area contributed by atoms with Crippen LogP contribution in [0.2, 0.25) is 0 Å². The van der Waals surface area contributed by atoms with Crippen molar-refractivity contribution in [1.82, 2.24) is 9.97 Å². The molecule has 1 aliphatic heterocycles. The number of H-pyrrole nitrogens is 1. The molecule has 0 fully saturated rings.